The summed E-state index contributed by atoms with van der Waals surface area (Å²) in [4.78, 5) is 32.9. The van der Waals surface area contributed by atoms with E-state index in [1.54, 1.807) is 31.3 Å². The number of carbonyl (C=O) groups excluding carboxylic acids is 1. The first-order chi connectivity index (χ1) is 13.7. The third-order valence-electron chi connectivity index (χ3n) is 4.59. The molecule has 0 atom stereocenters. The minimum atomic E-state index is -4.38. The maximum atomic E-state index is 12.6. The maximum absolute atomic E-state index is 12.6. The Morgan fingerprint density at radius 2 is 1.79 bits per heavy atom. The van der Waals surface area contributed by atoms with Gasteiger partial charge in [-0.1, -0.05) is 24.3 Å². The zero-order chi connectivity index (χ0) is 21.0. The SMILES string of the molecule is CN(Cc1ccc(C(F)(F)F)cc1)C(=O)CCCc1nc2ccccc2c(=O)[nH]1. The topological polar surface area (TPSA) is 66.1 Å². The molecule has 0 aliphatic heterocycles. The van der Waals surface area contributed by atoms with Gasteiger partial charge in [-0.2, -0.15) is 13.2 Å². The van der Waals surface area contributed by atoms with Gasteiger partial charge in [0.05, 0.1) is 16.5 Å². The molecule has 0 aliphatic rings. The number of rotatable bonds is 6. The quantitative estimate of drug-likeness (QED) is 0.678. The lowest BCUT2D eigenvalue weighted by Gasteiger charge is -2.17. The van der Waals surface area contributed by atoms with Crippen LogP contribution in [0.3, 0.4) is 0 Å². The maximum Gasteiger partial charge on any atom is 0.416 e. The molecule has 5 nitrogen and oxygen atoms in total. The highest BCUT2D eigenvalue weighted by atomic mass is 19.4. The van der Waals surface area contributed by atoms with Gasteiger partial charge >= 0.3 is 6.18 Å². The Bertz CT molecular complexity index is 1060. The molecular weight excluding hydrogens is 383 g/mol. The van der Waals surface area contributed by atoms with E-state index in [9.17, 15) is 22.8 Å². The Morgan fingerprint density at radius 1 is 1.10 bits per heavy atom. The van der Waals surface area contributed by atoms with Crippen molar-refractivity contribution in [3.05, 3.63) is 75.8 Å². The molecular formula is C21H20F3N3O2. The molecule has 1 amide bonds. The van der Waals surface area contributed by atoms with Gasteiger partial charge < -0.3 is 9.88 Å². The van der Waals surface area contributed by atoms with Crippen LogP contribution >= 0.6 is 0 Å². The number of aryl methyl sites for hydroxylation is 1. The first-order valence-corrected chi connectivity index (χ1v) is 9.12. The number of nitrogens with one attached hydrogen (secondary N) is 1. The van der Waals surface area contributed by atoms with Crippen molar-refractivity contribution in [1.29, 1.82) is 0 Å². The Kier molecular flexibility index (Phi) is 6.00. The Morgan fingerprint density at radius 3 is 2.48 bits per heavy atom. The number of hydrogen-bond acceptors (Lipinski definition) is 3. The van der Waals surface area contributed by atoms with E-state index in [0.717, 1.165) is 12.1 Å². The Labute approximate surface area is 165 Å². The molecule has 3 aromatic rings. The lowest BCUT2D eigenvalue weighted by Crippen LogP contribution is -2.26. The third kappa shape index (κ3) is 5.22. The number of H-pyrrole nitrogens is 1. The molecule has 3 rings (SSSR count). The van der Waals surface area contributed by atoms with Crippen LogP contribution in [0, 0.1) is 0 Å². The third-order valence-corrected chi connectivity index (χ3v) is 4.59. The summed E-state index contributed by atoms with van der Waals surface area (Å²) in [7, 11) is 1.61. The van der Waals surface area contributed by atoms with E-state index in [2.05, 4.69) is 9.97 Å². The predicted octanol–water partition coefficient (Wildman–Crippen LogP) is 3.92. The van der Waals surface area contributed by atoms with Gasteiger partial charge in [-0.05, 0) is 36.2 Å². The van der Waals surface area contributed by atoms with E-state index >= 15 is 0 Å². The summed E-state index contributed by atoms with van der Waals surface area (Å²) in [6.45, 7) is 0.224. The van der Waals surface area contributed by atoms with Crippen molar-refractivity contribution in [3.63, 3.8) is 0 Å². The van der Waals surface area contributed by atoms with Crippen molar-refractivity contribution < 1.29 is 18.0 Å². The summed E-state index contributed by atoms with van der Waals surface area (Å²) in [5.74, 6) is 0.389. The number of fused-ring (bicyclic) bond motifs is 1. The molecule has 152 valence electrons. The van der Waals surface area contributed by atoms with Gasteiger partial charge in [-0.15, -0.1) is 0 Å². The van der Waals surface area contributed by atoms with E-state index < -0.39 is 11.7 Å². The van der Waals surface area contributed by atoms with Crippen molar-refractivity contribution >= 4 is 16.8 Å². The molecule has 1 aromatic heterocycles. The molecule has 0 aliphatic carbocycles. The van der Waals surface area contributed by atoms with Crippen LogP contribution in [0.25, 0.3) is 10.9 Å². The summed E-state index contributed by atoms with van der Waals surface area (Å²) in [6.07, 6.45) is -3.19. The zero-order valence-corrected chi connectivity index (χ0v) is 15.8. The van der Waals surface area contributed by atoms with E-state index in [0.29, 0.717) is 35.1 Å². The van der Waals surface area contributed by atoms with Crippen LogP contribution < -0.4 is 5.56 Å². The first kappa shape index (κ1) is 20.6. The Balaban J connectivity index is 1.53. The number of aromatic nitrogens is 2. The molecule has 1 heterocycles. The second-order valence-corrected chi connectivity index (χ2v) is 6.83. The monoisotopic (exact) mass is 403 g/mol. The molecule has 0 spiro atoms. The zero-order valence-electron chi connectivity index (χ0n) is 15.8. The molecule has 0 saturated carbocycles. The van der Waals surface area contributed by atoms with Crippen LogP contribution in [0.4, 0.5) is 13.2 Å². The molecule has 1 N–H and O–H groups in total. The number of hydrogen-bond donors (Lipinski definition) is 1. The number of amides is 1. The molecule has 29 heavy (non-hydrogen) atoms. The smallest absolute Gasteiger partial charge is 0.341 e. The Hall–Kier alpha value is -3.16. The van der Waals surface area contributed by atoms with Gasteiger partial charge in [0.1, 0.15) is 5.82 Å². The molecule has 2 aromatic carbocycles. The van der Waals surface area contributed by atoms with Gasteiger partial charge in [0.2, 0.25) is 5.91 Å². The van der Waals surface area contributed by atoms with Crippen LogP contribution in [0.15, 0.2) is 53.3 Å². The van der Waals surface area contributed by atoms with E-state index in [1.165, 1.54) is 17.0 Å². The van der Waals surface area contributed by atoms with Crippen molar-refractivity contribution in [3.8, 4) is 0 Å². The van der Waals surface area contributed by atoms with Crippen molar-refractivity contribution in [2.75, 3.05) is 7.05 Å². The number of alkyl halides is 3. The highest BCUT2D eigenvalue weighted by Gasteiger charge is 2.29. The number of carbonyl (C=O) groups is 1. The van der Waals surface area contributed by atoms with E-state index in [4.69, 9.17) is 0 Å². The van der Waals surface area contributed by atoms with E-state index in [1.807, 2.05) is 0 Å². The summed E-state index contributed by atoms with van der Waals surface area (Å²) in [5, 5.41) is 0.517. The second kappa shape index (κ2) is 8.46. The molecule has 0 saturated heterocycles. The van der Waals surface area contributed by atoms with Gasteiger partial charge in [-0.25, -0.2) is 4.98 Å². The van der Waals surface area contributed by atoms with Crippen LogP contribution in [-0.2, 0) is 23.9 Å². The summed E-state index contributed by atoms with van der Waals surface area (Å²) >= 11 is 0. The lowest BCUT2D eigenvalue weighted by molar-refractivity contribution is -0.137. The summed E-state index contributed by atoms with van der Waals surface area (Å²) in [5.41, 5.74) is 0.301. The number of para-hydroxylation sites is 1. The lowest BCUT2D eigenvalue weighted by atomic mass is 10.1. The summed E-state index contributed by atoms with van der Waals surface area (Å²) in [6, 6.07) is 11.8. The van der Waals surface area contributed by atoms with Crippen molar-refractivity contribution in [2.24, 2.45) is 0 Å². The highest BCUT2D eigenvalue weighted by Crippen LogP contribution is 2.29. The number of nitrogens with zero attached hydrogens (tertiary/aromatic N) is 2. The normalized spacial score (nSPS) is 11.6. The van der Waals surface area contributed by atoms with Crippen molar-refractivity contribution in [2.45, 2.75) is 32.0 Å². The fraction of sp³-hybridized carbons (Fsp3) is 0.286. The second-order valence-electron chi connectivity index (χ2n) is 6.83. The van der Waals surface area contributed by atoms with Crippen LogP contribution in [0.2, 0.25) is 0 Å². The predicted molar refractivity (Wildman–Crippen MR) is 103 cm³/mol. The average molecular weight is 403 g/mol. The number of halogens is 3. The average Bonchev–Trinajstić information content (AvgIpc) is 2.67. The molecule has 0 unspecified atom stereocenters. The molecule has 0 radical (unpaired) electrons. The minimum absolute atomic E-state index is 0.131. The number of benzene rings is 2. The number of aromatic amines is 1. The van der Waals surface area contributed by atoms with Crippen LogP contribution in [0.1, 0.15) is 29.8 Å². The van der Waals surface area contributed by atoms with Gasteiger partial charge in [0, 0.05) is 26.4 Å². The van der Waals surface area contributed by atoms with Crippen LogP contribution in [0.5, 0.6) is 0 Å². The fourth-order valence-corrected chi connectivity index (χ4v) is 3.01. The van der Waals surface area contributed by atoms with Gasteiger partial charge in [0.25, 0.3) is 5.56 Å². The van der Waals surface area contributed by atoms with E-state index in [-0.39, 0.29) is 24.4 Å². The highest BCUT2D eigenvalue weighted by molar-refractivity contribution is 5.77. The largest absolute Gasteiger partial charge is 0.416 e. The standard InChI is InChI=1S/C21H20F3N3O2/c1-27(13-14-9-11-15(12-10-14)21(22,23)24)19(28)8-4-7-18-25-17-6-3-2-5-16(17)20(29)26-18/h2-3,5-6,9-12H,4,7-8,13H2,1H3,(H,25,26,29). The van der Waals surface area contributed by atoms with Gasteiger partial charge in [0.15, 0.2) is 0 Å². The van der Waals surface area contributed by atoms with Crippen molar-refractivity contribution in [1.82, 2.24) is 14.9 Å². The molecule has 0 fully saturated rings. The summed E-state index contributed by atoms with van der Waals surface area (Å²) < 4.78 is 37.8. The molecule has 0 bridgehead atoms. The minimum Gasteiger partial charge on any atom is -0.341 e. The van der Waals surface area contributed by atoms with Gasteiger partial charge in [-0.3, -0.25) is 9.59 Å². The fourth-order valence-electron chi connectivity index (χ4n) is 3.01. The molecule has 8 heteroatoms. The first-order valence-electron chi connectivity index (χ1n) is 9.12. The van der Waals surface area contributed by atoms with Crippen LogP contribution in [-0.4, -0.2) is 27.8 Å².